The molecule has 0 aromatic heterocycles. The van der Waals surface area contributed by atoms with E-state index in [9.17, 15) is 27.5 Å². The van der Waals surface area contributed by atoms with E-state index in [0.29, 0.717) is 5.75 Å². The lowest BCUT2D eigenvalue weighted by Crippen LogP contribution is -2.52. The van der Waals surface area contributed by atoms with Gasteiger partial charge in [0, 0.05) is 6.42 Å². The number of hydrogen-bond acceptors (Lipinski definition) is 4. The van der Waals surface area contributed by atoms with Crippen molar-refractivity contribution < 1.29 is 32.2 Å². The Balaban J connectivity index is 2.08. The number of aliphatic hydroxyl groups is 1. The first-order valence-electron chi connectivity index (χ1n) is 8.43. The van der Waals surface area contributed by atoms with Crippen LogP contribution in [0.25, 0.3) is 0 Å². The van der Waals surface area contributed by atoms with Crippen molar-refractivity contribution >= 4 is 11.6 Å². The van der Waals surface area contributed by atoms with Gasteiger partial charge in [0.2, 0.25) is 5.72 Å². The molecule has 1 unspecified atom stereocenters. The Hall–Kier alpha value is -2.16. The molecule has 150 valence electrons. The molecule has 5 nitrogen and oxygen atoms in total. The van der Waals surface area contributed by atoms with Crippen LogP contribution >= 0.6 is 0 Å². The molecule has 0 spiro atoms. The molecule has 0 saturated heterocycles. The Bertz CT molecular complexity index is 707. The molecule has 1 heterocycles. The van der Waals surface area contributed by atoms with E-state index in [2.05, 4.69) is 25.9 Å². The number of carbonyl (C=O) groups excluding carboxylic acids is 1. The zero-order valence-corrected chi connectivity index (χ0v) is 15.3. The first kappa shape index (κ1) is 21.1. The van der Waals surface area contributed by atoms with Crippen LogP contribution in [0.1, 0.15) is 39.2 Å². The normalized spacial score (nSPS) is 20.4. The van der Waals surface area contributed by atoms with Gasteiger partial charge in [-0.3, -0.25) is 4.79 Å². The van der Waals surface area contributed by atoms with Gasteiger partial charge in [-0.2, -0.15) is 10.1 Å². The van der Waals surface area contributed by atoms with E-state index in [1.807, 2.05) is 12.1 Å². The van der Waals surface area contributed by atoms with Crippen molar-refractivity contribution in [2.45, 2.75) is 57.6 Å². The van der Waals surface area contributed by atoms with Gasteiger partial charge in [-0.25, -0.2) is 17.6 Å². The Morgan fingerprint density at radius 2 is 1.89 bits per heavy atom. The summed E-state index contributed by atoms with van der Waals surface area (Å²) in [6.45, 7) is 5.47. The Kier molecular flexibility index (Phi) is 6.14. The fourth-order valence-corrected chi connectivity index (χ4v) is 2.57. The number of nitrogens with zero attached hydrogens (tertiary/aromatic N) is 2. The summed E-state index contributed by atoms with van der Waals surface area (Å²) in [5.74, 6) is -0.844. The number of benzene rings is 1. The number of hydrogen-bond donors (Lipinski definition) is 1. The van der Waals surface area contributed by atoms with Crippen LogP contribution in [0.2, 0.25) is 0 Å². The largest absolute Gasteiger partial charge is 0.484 e. The summed E-state index contributed by atoms with van der Waals surface area (Å²) in [6.07, 6.45) is -6.81. The van der Waals surface area contributed by atoms with E-state index in [4.69, 9.17) is 4.74 Å². The second-order valence-electron chi connectivity index (χ2n) is 7.00. The first-order valence-corrected chi connectivity index (χ1v) is 8.43. The number of halogens is 4. The molecule has 1 aromatic rings. The second kappa shape index (κ2) is 7.84. The maximum absolute atomic E-state index is 13.1. The Morgan fingerprint density at radius 1 is 1.30 bits per heavy atom. The van der Waals surface area contributed by atoms with E-state index in [0.717, 1.165) is 12.0 Å². The number of carbonyl (C=O) groups is 1. The van der Waals surface area contributed by atoms with Gasteiger partial charge in [0.15, 0.2) is 6.61 Å². The highest BCUT2D eigenvalue weighted by molar-refractivity contribution is 5.93. The topological polar surface area (TPSA) is 62.1 Å². The highest BCUT2D eigenvalue weighted by Crippen LogP contribution is 2.33. The average Bonchev–Trinajstić information content (AvgIpc) is 2.99. The van der Waals surface area contributed by atoms with Crippen LogP contribution in [0.5, 0.6) is 5.75 Å². The lowest BCUT2D eigenvalue weighted by atomic mass is 9.82. The third kappa shape index (κ3) is 4.40. The zero-order chi connectivity index (χ0) is 20.4. The van der Waals surface area contributed by atoms with Crippen molar-refractivity contribution in [2.24, 2.45) is 5.10 Å². The van der Waals surface area contributed by atoms with Gasteiger partial charge in [0.1, 0.15) is 11.5 Å². The number of hydrazone groups is 1. The quantitative estimate of drug-likeness (QED) is 0.724. The van der Waals surface area contributed by atoms with Crippen molar-refractivity contribution in [3.05, 3.63) is 29.8 Å². The fraction of sp³-hybridized carbons (Fsp3) is 0.556. The molecule has 0 aliphatic carbocycles. The molecule has 0 saturated carbocycles. The van der Waals surface area contributed by atoms with Crippen LogP contribution in [-0.2, 0) is 10.2 Å². The van der Waals surface area contributed by atoms with E-state index >= 15 is 0 Å². The Labute approximate surface area is 154 Å². The highest BCUT2D eigenvalue weighted by atomic mass is 19.3. The smallest absolute Gasteiger partial charge is 0.287 e. The van der Waals surface area contributed by atoms with Crippen molar-refractivity contribution in [1.82, 2.24) is 5.01 Å². The van der Waals surface area contributed by atoms with E-state index in [1.165, 1.54) is 0 Å². The molecule has 9 heteroatoms. The van der Waals surface area contributed by atoms with Gasteiger partial charge in [0.05, 0.1) is 0 Å². The summed E-state index contributed by atoms with van der Waals surface area (Å²) < 4.78 is 57.0. The lowest BCUT2D eigenvalue weighted by Gasteiger charge is -2.29. The summed E-state index contributed by atoms with van der Waals surface area (Å²) in [5, 5.41) is 13.1. The van der Waals surface area contributed by atoms with Gasteiger partial charge in [-0.15, -0.1) is 0 Å². The second-order valence-corrected chi connectivity index (χ2v) is 7.00. The number of amides is 1. The van der Waals surface area contributed by atoms with Crippen LogP contribution in [0, 0.1) is 0 Å². The monoisotopic (exact) mass is 390 g/mol. The summed E-state index contributed by atoms with van der Waals surface area (Å²) in [4.78, 5) is 12.1. The third-order valence-electron chi connectivity index (χ3n) is 4.76. The predicted octanol–water partition coefficient (Wildman–Crippen LogP) is 3.56. The third-order valence-corrected chi connectivity index (χ3v) is 4.76. The minimum atomic E-state index is -3.46. The van der Waals surface area contributed by atoms with E-state index in [1.54, 1.807) is 12.1 Å². The number of rotatable bonds is 7. The molecule has 1 amide bonds. The lowest BCUT2D eigenvalue weighted by molar-refractivity contribution is -0.193. The molecule has 1 atom stereocenters. The zero-order valence-electron chi connectivity index (χ0n) is 15.3. The van der Waals surface area contributed by atoms with Crippen LogP contribution < -0.4 is 4.74 Å². The molecule has 2 rings (SSSR count). The van der Waals surface area contributed by atoms with Crippen molar-refractivity contribution in [3.8, 4) is 5.75 Å². The van der Waals surface area contributed by atoms with E-state index < -0.39 is 43.2 Å². The molecular formula is C18H22F4N2O3. The minimum Gasteiger partial charge on any atom is -0.484 e. The van der Waals surface area contributed by atoms with Crippen molar-refractivity contribution in [3.63, 3.8) is 0 Å². The van der Waals surface area contributed by atoms with Crippen molar-refractivity contribution in [1.29, 1.82) is 0 Å². The van der Waals surface area contributed by atoms with Crippen LogP contribution in [0.3, 0.4) is 0 Å². The number of alkyl halides is 4. The van der Waals surface area contributed by atoms with Crippen LogP contribution in [-0.4, -0.2) is 46.9 Å². The fourth-order valence-electron chi connectivity index (χ4n) is 2.57. The molecule has 1 aliphatic heterocycles. The maximum Gasteiger partial charge on any atom is 0.287 e. The first-order chi connectivity index (χ1) is 12.5. The van der Waals surface area contributed by atoms with Gasteiger partial charge < -0.3 is 9.84 Å². The summed E-state index contributed by atoms with van der Waals surface area (Å²) >= 11 is 0. The van der Waals surface area contributed by atoms with Crippen LogP contribution in [0.15, 0.2) is 29.4 Å². The standard InChI is InChI=1S/C18H22F4N2O3/c1-4-17(2,3)11-5-7-12(8-6-11)27-10-14(25)24-18(26,16(21)22)9-13(23-24)15(19)20/h5-8,15-16,26H,4,9-10H2,1-3H3. The molecule has 0 fully saturated rings. The van der Waals surface area contributed by atoms with E-state index in [-0.39, 0.29) is 10.4 Å². The number of ether oxygens (including phenoxy) is 1. The molecule has 1 aliphatic rings. The Morgan fingerprint density at radius 3 is 2.37 bits per heavy atom. The average molecular weight is 390 g/mol. The highest BCUT2D eigenvalue weighted by Gasteiger charge is 2.53. The van der Waals surface area contributed by atoms with Gasteiger partial charge >= 0.3 is 0 Å². The summed E-state index contributed by atoms with van der Waals surface area (Å²) in [5.41, 5.74) is -3.06. The maximum atomic E-state index is 13.1. The van der Waals surface area contributed by atoms with Gasteiger partial charge in [-0.1, -0.05) is 32.9 Å². The van der Waals surface area contributed by atoms with Gasteiger partial charge in [0.25, 0.3) is 18.8 Å². The van der Waals surface area contributed by atoms with Crippen LogP contribution in [0.4, 0.5) is 17.6 Å². The van der Waals surface area contributed by atoms with Crippen molar-refractivity contribution in [2.75, 3.05) is 6.61 Å². The summed E-state index contributed by atoms with van der Waals surface area (Å²) in [7, 11) is 0. The minimum absolute atomic E-state index is 0.00623. The molecule has 1 N–H and O–H groups in total. The van der Waals surface area contributed by atoms with Gasteiger partial charge in [-0.05, 0) is 29.5 Å². The molecule has 1 aromatic carbocycles. The summed E-state index contributed by atoms with van der Waals surface area (Å²) in [6, 6.07) is 6.89. The molecule has 0 bridgehead atoms. The molecule has 27 heavy (non-hydrogen) atoms. The SMILES string of the molecule is CCC(C)(C)c1ccc(OCC(=O)N2N=C(C(F)F)CC2(O)C(F)F)cc1. The predicted molar refractivity (Wildman–Crippen MR) is 91.1 cm³/mol. The molecule has 0 radical (unpaired) electrons. The molecular weight excluding hydrogens is 368 g/mol.